The molecule has 0 amide bonds. The molecule has 2 N–H and O–H groups in total. The van der Waals surface area contributed by atoms with Crippen LogP contribution < -0.4 is 4.57 Å². The fraction of sp³-hybridized carbons (Fsp3) is 0.154. The van der Waals surface area contributed by atoms with Gasteiger partial charge in [0.2, 0.25) is 5.79 Å². The molecule has 98 valence electrons. The van der Waals surface area contributed by atoms with E-state index < -0.39 is 10.7 Å². The van der Waals surface area contributed by atoms with Gasteiger partial charge in [0, 0.05) is 35.4 Å². The predicted molar refractivity (Wildman–Crippen MR) is 65.9 cm³/mol. The van der Waals surface area contributed by atoms with Gasteiger partial charge < -0.3 is 10.2 Å². The molecule has 0 radical (unpaired) electrons. The van der Waals surface area contributed by atoms with Crippen molar-refractivity contribution in [2.45, 2.75) is 5.79 Å². The number of nitro groups is 1. The van der Waals surface area contributed by atoms with Gasteiger partial charge in [-0.05, 0) is 12.1 Å². The fourth-order valence-corrected chi connectivity index (χ4v) is 1.72. The maximum atomic E-state index is 10.5. The summed E-state index contributed by atoms with van der Waals surface area (Å²) in [6, 6.07) is 8.26. The number of non-ortho nitro benzene ring substituents is 1. The van der Waals surface area contributed by atoms with Crippen LogP contribution in [0.15, 0.2) is 48.8 Å². The summed E-state index contributed by atoms with van der Waals surface area (Å²) in [5, 5.41) is 30.9. The number of aliphatic hydroxyl groups is 2. The lowest BCUT2D eigenvalue weighted by atomic mass is 9.98. The number of rotatable bonds is 3. The molecule has 0 spiro atoms. The number of hydrogen-bond acceptors (Lipinski definition) is 4. The average Bonchev–Trinajstić information content (AvgIpc) is 2.39. The molecule has 0 aliphatic carbocycles. The van der Waals surface area contributed by atoms with E-state index in [1.165, 1.54) is 24.3 Å². The van der Waals surface area contributed by atoms with Crippen LogP contribution in [0.25, 0.3) is 0 Å². The van der Waals surface area contributed by atoms with E-state index in [9.17, 15) is 20.3 Å². The highest BCUT2D eigenvalue weighted by Crippen LogP contribution is 2.27. The number of nitrogens with zero attached hydrogens (tertiary/aromatic N) is 2. The van der Waals surface area contributed by atoms with Crippen LogP contribution in [0.4, 0.5) is 5.69 Å². The van der Waals surface area contributed by atoms with E-state index in [2.05, 4.69) is 0 Å². The molecule has 0 aliphatic rings. The minimum Gasteiger partial charge on any atom is -0.358 e. The van der Waals surface area contributed by atoms with Gasteiger partial charge in [-0.15, -0.1) is 0 Å². The lowest BCUT2D eigenvalue weighted by molar-refractivity contribution is -0.671. The second-order valence-electron chi connectivity index (χ2n) is 4.23. The number of hydrogen-bond donors (Lipinski definition) is 2. The lowest BCUT2D eigenvalue weighted by Gasteiger charge is -2.21. The first-order chi connectivity index (χ1) is 8.91. The van der Waals surface area contributed by atoms with Crippen LogP contribution in [0.1, 0.15) is 11.1 Å². The van der Waals surface area contributed by atoms with Gasteiger partial charge in [-0.3, -0.25) is 10.1 Å². The van der Waals surface area contributed by atoms with Gasteiger partial charge in [-0.25, -0.2) is 4.57 Å². The second-order valence-corrected chi connectivity index (χ2v) is 4.23. The number of nitro benzene ring substituents is 1. The standard InChI is InChI=1S/C13H13N2O4/c1-14-8-6-11(7-9-14)13(16,17)10-2-4-12(5-3-10)15(18)19/h2-9,16-17H,1H3/q+1. The second kappa shape index (κ2) is 4.75. The summed E-state index contributed by atoms with van der Waals surface area (Å²) >= 11 is 0. The normalized spacial score (nSPS) is 11.3. The van der Waals surface area contributed by atoms with Gasteiger partial charge in [0.25, 0.3) is 5.69 Å². The summed E-state index contributed by atoms with van der Waals surface area (Å²) < 4.78 is 1.76. The Morgan fingerprint density at radius 2 is 1.53 bits per heavy atom. The Hall–Kier alpha value is -2.31. The molecule has 2 rings (SSSR count). The van der Waals surface area contributed by atoms with Gasteiger partial charge in [-0.2, -0.15) is 0 Å². The average molecular weight is 261 g/mol. The lowest BCUT2D eigenvalue weighted by Crippen LogP contribution is -2.31. The van der Waals surface area contributed by atoms with E-state index in [-0.39, 0.29) is 11.3 Å². The SMILES string of the molecule is C[n+]1ccc(C(O)(O)c2ccc([N+](=O)[O-])cc2)cc1. The predicted octanol–water partition coefficient (Wildman–Crippen LogP) is 0.605. The summed E-state index contributed by atoms with van der Waals surface area (Å²) in [5.74, 6) is -2.18. The van der Waals surface area contributed by atoms with Crippen molar-refractivity contribution >= 4 is 5.69 Å². The number of benzene rings is 1. The molecule has 0 bridgehead atoms. The van der Waals surface area contributed by atoms with Crippen LogP contribution in [0.2, 0.25) is 0 Å². The fourth-order valence-electron chi connectivity index (χ4n) is 1.72. The summed E-state index contributed by atoms with van der Waals surface area (Å²) in [7, 11) is 1.81. The molecule has 0 saturated carbocycles. The van der Waals surface area contributed by atoms with Crippen LogP contribution in [0, 0.1) is 10.1 Å². The molecule has 0 aliphatic heterocycles. The molecular formula is C13H13N2O4+. The summed E-state index contributed by atoms with van der Waals surface area (Å²) in [4.78, 5) is 10.0. The summed E-state index contributed by atoms with van der Waals surface area (Å²) in [6.45, 7) is 0. The first-order valence-electron chi connectivity index (χ1n) is 5.56. The third-order valence-electron chi connectivity index (χ3n) is 2.86. The molecule has 0 unspecified atom stereocenters. The molecule has 19 heavy (non-hydrogen) atoms. The smallest absolute Gasteiger partial charge is 0.269 e. The Labute approximate surface area is 109 Å². The topological polar surface area (TPSA) is 87.5 Å². The molecule has 1 aromatic carbocycles. The third kappa shape index (κ3) is 2.59. The van der Waals surface area contributed by atoms with E-state index in [1.54, 1.807) is 29.1 Å². The summed E-state index contributed by atoms with van der Waals surface area (Å²) in [6.07, 6.45) is 3.36. The van der Waals surface area contributed by atoms with Crippen molar-refractivity contribution < 1.29 is 19.7 Å². The Kier molecular flexibility index (Phi) is 3.28. The van der Waals surface area contributed by atoms with Crippen molar-refractivity contribution in [2.75, 3.05) is 0 Å². The van der Waals surface area contributed by atoms with Gasteiger partial charge in [0.15, 0.2) is 12.4 Å². The Morgan fingerprint density at radius 1 is 1.05 bits per heavy atom. The first-order valence-corrected chi connectivity index (χ1v) is 5.56. The highest BCUT2D eigenvalue weighted by Gasteiger charge is 2.29. The van der Waals surface area contributed by atoms with Crippen LogP contribution in [-0.4, -0.2) is 15.1 Å². The first kappa shape index (κ1) is 13.1. The zero-order chi connectivity index (χ0) is 14.0. The Morgan fingerprint density at radius 3 is 2.00 bits per heavy atom. The largest absolute Gasteiger partial charge is 0.358 e. The number of pyridine rings is 1. The molecule has 1 aromatic heterocycles. The highest BCUT2D eigenvalue weighted by molar-refractivity contribution is 5.38. The maximum absolute atomic E-state index is 10.5. The van der Waals surface area contributed by atoms with Crippen LogP contribution in [0.5, 0.6) is 0 Å². The minimum absolute atomic E-state index is 0.0981. The van der Waals surface area contributed by atoms with Crippen molar-refractivity contribution in [3.8, 4) is 0 Å². The molecule has 1 heterocycles. The molecule has 0 fully saturated rings. The molecule has 6 heteroatoms. The van der Waals surface area contributed by atoms with Crippen LogP contribution in [-0.2, 0) is 12.8 Å². The Bertz CT molecular complexity index is 591. The van der Waals surface area contributed by atoms with Gasteiger partial charge in [-0.1, -0.05) is 0 Å². The molecule has 6 nitrogen and oxygen atoms in total. The van der Waals surface area contributed by atoms with E-state index >= 15 is 0 Å². The van der Waals surface area contributed by atoms with E-state index in [0.717, 1.165) is 0 Å². The molecule has 0 saturated heterocycles. The molecular weight excluding hydrogens is 248 g/mol. The number of aryl methyl sites for hydroxylation is 1. The zero-order valence-electron chi connectivity index (χ0n) is 10.2. The van der Waals surface area contributed by atoms with Gasteiger partial charge in [0.1, 0.15) is 7.05 Å². The van der Waals surface area contributed by atoms with E-state index in [4.69, 9.17) is 0 Å². The quantitative estimate of drug-likeness (QED) is 0.366. The highest BCUT2D eigenvalue weighted by atomic mass is 16.6. The van der Waals surface area contributed by atoms with E-state index in [0.29, 0.717) is 5.56 Å². The van der Waals surface area contributed by atoms with Crippen LogP contribution in [0.3, 0.4) is 0 Å². The van der Waals surface area contributed by atoms with Crippen molar-refractivity contribution in [3.05, 3.63) is 70.0 Å². The monoisotopic (exact) mass is 261 g/mol. The van der Waals surface area contributed by atoms with Crippen molar-refractivity contribution in [3.63, 3.8) is 0 Å². The van der Waals surface area contributed by atoms with Gasteiger partial charge >= 0.3 is 0 Å². The molecule has 0 atom stereocenters. The zero-order valence-corrected chi connectivity index (χ0v) is 10.2. The van der Waals surface area contributed by atoms with E-state index in [1.807, 2.05) is 7.05 Å². The maximum Gasteiger partial charge on any atom is 0.269 e. The third-order valence-corrected chi connectivity index (χ3v) is 2.86. The van der Waals surface area contributed by atoms with Crippen molar-refractivity contribution in [1.29, 1.82) is 0 Å². The summed E-state index contributed by atoms with van der Waals surface area (Å²) in [5.41, 5.74) is 0.366. The molecule has 2 aromatic rings. The van der Waals surface area contributed by atoms with Crippen molar-refractivity contribution in [1.82, 2.24) is 0 Å². The minimum atomic E-state index is -2.18. The number of aromatic nitrogens is 1. The van der Waals surface area contributed by atoms with Gasteiger partial charge in [0.05, 0.1) is 4.92 Å². The Balaban J connectivity index is 2.38. The van der Waals surface area contributed by atoms with Crippen LogP contribution >= 0.6 is 0 Å². The van der Waals surface area contributed by atoms with Crippen molar-refractivity contribution in [2.24, 2.45) is 7.05 Å².